The van der Waals surface area contributed by atoms with Crippen LogP contribution < -0.4 is 5.32 Å². The molecule has 3 amide bonds. The van der Waals surface area contributed by atoms with Crippen LogP contribution in [-0.4, -0.2) is 53.2 Å². The first-order valence-electron chi connectivity index (χ1n) is 11.1. The molecule has 7 heteroatoms. The van der Waals surface area contributed by atoms with Gasteiger partial charge in [-0.3, -0.25) is 14.4 Å². The van der Waals surface area contributed by atoms with Gasteiger partial charge in [-0.25, -0.2) is 4.39 Å². The topological polar surface area (TPSA) is 69.7 Å². The van der Waals surface area contributed by atoms with E-state index in [9.17, 15) is 18.8 Å². The van der Waals surface area contributed by atoms with Crippen LogP contribution in [0.4, 0.5) is 4.39 Å². The molecule has 2 saturated heterocycles. The molecule has 2 fully saturated rings. The zero-order valence-corrected chi connectivity index (χ0v) is 18.0. The summed E-state index contributed by atoms with van der Waals surface area (Å²) in [4.78, 5) is 41.2. The molecular weight excluding hydrogens is 409 g/mol. The highest BCUT2D eigenvalue weighted by atomic mass is 19.1. The van der Waals surface area contributed by atoms with Crippen molar-refractivity contribution in [2.45, 2.75) is 38.3 Å². The summed E-state index contributed by atoms with van der Waals surface area (Å²) in [6, 6.07) is 15.8. The number of benzene rings is 2. The normalized spacial score (nSPS) is 19.3. The van der Waals surface area contributed by atoms with Gasteiger partial charge < -0.3 is 15.1 Å². The maximum absolute atomic E-state index is 13.0. The molecule has 2 heterocycles. The lowest BCUT2D eigenvalue weighted by Crippen LogP contribution is -2.48. The van der Waals surface area contributed by atoms with Gasteiger partial charge in [0.2, 0.25) is 17.7 Å². The Morgan fingerprint density at radius 2 is 1.66 bits per heavy atom. The van der Waals surface area contributed by atoms with Gasteiger partial charge in [-0.05, 0) is 36.1 Å². The predicted octanol–water partition coefficient (Wildman–Crippen LogP) is 2.52. The summed E-state index contributed by atoms with van der Waals surface area (Å²) in [6.07, 6.45) is 1.87. The van der Waals surface area contributed by atoms with Gasteiger partial charge in [0.15, 0.2) is 0 Å². The third-order valence-corrected chi connectivity index (χ3v) is 6.26. The van der Waals surface area contributed by atoms with Gasteiger partial charge in [0.25, 0.3) is 0 Å². The van der Waals surface area contributed by atoms with Crippen LogP contribution in [0.1, 0.15) is 30.4 Å². The van der Waals surface area contributed by atoms with Gasteiger partial charge in [-0.15, -0.1) is 0 Å². The second-order valence-corrected chi connectivity index (χ2v) is 8.63. The van der Waals surface area contributed by atoms with E-state index in [1.54, 1.807) is 21.9 Å². The van der Waals surface area contributed by atoms with Crippen LogP contribution in [0, 0.1) is 11.7 Å². The molecule has 0 saturated carbocycles. The van der Waals surface area contributed by atoms with E-state index in [1.165, 1.54) is 12.1 Å². The molecule has 0 bridgehead atoms. The average molecular weight is 438 g/mol. The molecule has 2 aromatic rings. The highest BCUT2D eigenvalue weighted by molar-refractivity contribution is 5.89. The van der Waals surface area contributed by atoms with Crippen LogP contribution in [0.5, 0.6) is 0 Å². The van der Waals surface area contributed by atoms with Crippen molar-refractivity contribution in [1.82, 2.24) is 15.1 Å². The van der Waals surface area contributed by atoms with E-state index in [1.807, 2.05) is 30.3 Å². The predicted molar refractivity (Wildman–Crippen MR) is 118 cm³/mol. The fourth-order valence-corrected chi connectivity index (χ4v) is 4.39. The third-order valence-electron chi connectivity index (χ3n) is 6.26. The smallest absolute Gasteiger partial charge is 0.226 e. The van der Waals surface area contributed by atoms with E-state index in [-0.39, 0.29) is 48.3 Å². The lowest BCUT2D eigenvalue weighted by molar-refractivity contribution is -0.132. The number of amides is 3. The van der Waals surface area contributed by atoms with Crippen molar-refractivity contribution in [2.24, 2.45) is 5.92 Å². The van der Waals surface area contributed by atoms with Crippen LogP contribution in [0.25, 0.3) is 0 Å². The fraction of sp³-hybridized carbons (Fsp3) is 0.400. The van der Waals surface area contributed by atoms with Crippen molar-refractivity contribution < 1.29 is 18.8 Å². The van der Waals surface area contributed by atoms with Crippen molar-refractivity contribution in [3.63, 3.8) is 0 Å². The van der Waals surface area contributed by atoms with Gasteiger partial charge in [0.05, 0.1) is 12.3 Å². The van der Waals surface area contributed by atoms with Gasteiger partial charge in [0, 0.05) is 38.6 Å². The molecule has 0 aromatic heterocycles. The van der Waals surface area contributed by atoms with Crippen molar-refractivity contribution in [2.75, 3.05) is 19.6 Å². The largest absolute Gasteiger partial charge is 0.353 e. The molecular formula is C25H28FN3O3. The van der Waals surface area contributed by atoms with Crippen molar-refractivity contribution in [1.29, 1.82) is 0 Å². The number of carbonyl (C=O) groups excluding carboxylic acids is 3. The summed E-state index contributed by atoms with van der Waals surface area (Å²) in [5, 5.41) is 3.08. The highest BCUT2D eigenvalue weighted by Crippen LogP contribution is 2.21. The molecule has 0 aliphatic carbocycles. The molecule has 32 heavy (non-hydrogen) atoms. The first kappa shape index (κ1) is 22.0. The number of likely N-dealkylation sites (tertiary alicyclic amines) is 2. The van der Waals surface area contributed by atoms with E-state index < -0.39 is 0 Å². The van der Waals surface area contributed by atoms with Gasteiger partial charge in [-0.1, -0.05) is 42.5 Å². The molecule has 2 aromatic carbocycles. The monoisotopic (exact) mass is 437 g/mol. The van der Waals surface area contributed by atoms with E-state index in [4.69, 9.17) is 0 Å². The third kappa shape index (κ3) is 5.52. The molecule has 168 valence electrons. The first-order valence-corrected chi connectivity index (χ1v) is 11.1. The number of hydrogen-bond donors (Lipinski definition) is 1. The maximum atomic E-state index is 13.0. The molecule has 0 spiro atoms. The van der Waals surface area contributed by atoms with Crippen LogP contribution >= 0.6 is 0 Å². The van der Waals surface area contributed by atoms with E-state index >= 15 is 0 Å². The van der Waals surface area contributed by atoms with E-state index in [0.717, 1.165) is 11.1 Å². The molecule has 0 radical (unpaired) electrons. The summed E-state index contributed by atoms with van der Waals surface area (Å²) in [5.74, 6) is -0.700. The summed E-state index contributed by atoms with van der Waals surface area (Å²) < 4.78 is 13.0. The van der Waals surface area contributed by atoms with Crippen LogP contribution in [-0.2, 0) is 27.3 Å². The molecule has 1 atom stereocenters. The number of rotatable bonds is 6. The molecule has 2 aliphatic rings. The SMILES string of the molecule is O=C(NC1CCN(C(=O)Cc2ccc(F)cc2)CC1)C1CC(=O)N(Cc2ccccc2)C1. The lowest BCUT2D eigenvalue weighted by atomic mass is 10.0. The van der Waals surface area contributed by atoms with Crippen molar-refractivity contribution >= 4 is 17.7 Å². The number of nitrogens with one attached hydrogen (secondary N) is 1. The molecule has 6 nitrogen and oxygen atoms in total. The average Bonchev–Trinajstić information content (AvgIpc) is 3.17. The fourth-order valence-electron chi connectivity index (χ4n) is 4.39. The lowest BCUT2D eigenvalue weighted by Gasteiger charge is -2.33. The van der Waals surface area contributed by atoms with E-state index in [0.29, 0.717) is 39.0 Å². The zero-order chi connectivity index (χ0) is 22.5. The Morgan fingerprint density at radius 3 is 2.34 bits per heavy atom. The Bertz CT molecular complexity index is 956. The van der Waals surface area contributed by atoms with Crippen molar-refractivity contribution in [3.05, 3.63) is 71.5 Å². The van der Waals surface area contributed by atoms with Crippen LogP contribution in [0.2, 0.25) is 0 Å². The Kier molecular flexibility index (Phi) is 6.83. The number of hydrogen-bond acceptors (Lipinski definition) is 3. The standard InChI is InChI=1S/C25H28FN3O3/c26-21-8-6-18(7-9-21)14-23(30)28-12-10-22(11-13-28)27-25(32)20-15-24(31)29(17-20)16-19-4-2-1-3-5-19/h1-9,20,22H,10-17H2,(H,27,32). The minimum absolute atomic E-state index is 0.00946. The first-order chi connectivity index (χ1) is 15.5. The summed E-state index contributed by atoms with van der Waals surface area (Å²) >= 11 is 0. The summed E-state index contributed by atoms with van der Waals surface area (Å²) in [5.41, 5.74) is 1.84. The minimum atomic E-state index is -0.329. The van der Waals surface area contributed by atoms with Gasteiger partial charge in [-0.2, -0.15) is 0 Å². The van der Waals surface area contributed by atoms with Crippen LogP contribution in [0.15, 0.2) is 54.6 Å². The Hall–Kier alpha value is -3.22. The Balaban J connectivity index is 1.22. The summed E-state index contributed by atoms with van der Waals surface area (Å²) in [6.45, 7) is 2.12. The second-order valence-electron chi connectivity index (χ2n) is 8.63. The Morgan fingerprint density at radius 1 is 0.969 bits per heavy atom. The number of carbonyl (C=O) groups is 3. The van der Waals surface area contributed by atoms with E-state index in [2.05, 4.69) is 5.32 Å². The quantitative estimate of drug-likeness (QED) is 0.755. The molecule has 2 aliphatic heterocycles. The maximum Gasteiger partial charge on any atom is 0.226 e. The zero-order valence-electron chi connectivity index (χ0n) is 18.0. The number of nitrogens with zero attached hydrogens (tertiary/aromatic N) is 2. The van der Waals surface area contributed by atoms with Gasteiger partial charge >= 0.3 is 0 Å². The van der Waals surface area contributed by atoms with Gasteiger partial charge in [0.1, 0.15) is 5.82 Å². The molecule has 1 N–H and O–H groups in total. The second kappa shape index (κ2) is 9.94. The summed E-state index contributed by atoms with van der Waals surface area (Å²) in [7, 11) is 0. The highest BCUT2D eigenvalue weighted by Gasteiger charge is 2.35. The Labute approximate surface area is 187 Å². The van der Waals surface area contributed by atoms with Crippen molar-refractivity contribution in [3.8, 4) is 0 Å². The van der Waals surface area contributed by atoms with Crippen LogP contribution in [0.3, 0.4) is 0 Å². The number of halogens is 1. The number of piperidine rings is 1. The molecule has 1 unspecified atom stereocenters. The minimum Gasteiger partial charge on any atom is -0.353 e. The molecule has 4 rings (SSSR count).